The highest BCUT2D eigenvalue weighted by Gasteiger charge is 2.22. The van der Waals surface area contributed by atoms with Crippen LogP contribution in [0.3, 0.4) is 0 Å². The van der Waals surface area contributed by atoms with Gasteiger partial charge in [-0.25, -0.2) is 9.37 Å². The third-order valence-electron chi connectivity index (χ3n) is 5.62. The third kappa shape index (κ3) is 6.28. The normalized spacial score (nSPS) is 14.5. The first kappa shape index (κ1) is 23.6. The number of amides is 1. The topological polar surface area (TPSA) is 54.9 Å². The van der Waals surface area contributed by atoms with Gasteiger partial charge in [-0.15, -0.1) is 0 Å². The van der Waals surface area contributed by atoms with Crippen LogP contribution in [0.15, 0.2) is 42.5 Å². The number of aromatic nitrogens is 1. The molecule has 1 fully saturated rings. The predicted octanol–water partition coefficient (Wildman–Crippen LogP) is 4.98. The zero-order chi connectivity index (χ0) is 23.0. The van der Waals surface area contributed by atoms with Crippen LogP contribution in [0, 0.1) is 5.82 Å². The highest BCUT2D eigenvalue weighted by Crippen LogP contribution is 2.31. The molecule has 3 aromatic rings. The SMILES string of the molecule is CCCCOc1cccc(C(=O)N(CCCN2CCOCC2)c2nc3ccc(F)cc3s2)c1. The molecular weight excluding hydrogens is 441 g/mol. The number of carbonyl (C=O) groups is 1. The minimum absolute atomic E-state index is 0.127. The molecule has 8 heteroatoms. The summed E-state index contributed by atoms with van der Waals surface area (Å²) >= 11 is 1.34. The lowest BCUT2D eigenvalue weighted by atomic mass is 10.2. The van der Waals surface area contributed by atoms with Crippen LogP contribution in [-0.2, 0) is 4.74 Å². The summed E-state index contributed by atoms with van der Waals surface area (Å²) in [6.45, 7) is 7.46. The number of fused-ring (bicyclic) bond motifs is 1. The molecule has 2 heterocycles. The van der Waals surface area contributed by atoms with Gasteiger partial charge in [0.1, 0.15) is 11.6 Å². The van der Waals surface area contributed by atoms with Crippen molar-refractivity contribution in [3.05, 3.63) is 53.8 Å². The molecule has 6 nitrogen and oxygen atoms in total. The Morgan fingerprint density at radius 1 is 1.21 bits per heavy atom. The summed E-state index contributed by atoms with van der Waals surface area (Å²) in [4.78, 5) is 22.3. The molecule has 0 atom stereocenters. The largest absolute Gasteiger partial charge is 0.494 e. The molecule has 1 saturated heterocycles. The van der Waals surface area contributed by atoms with E-state index in [1.165, 1.54) is 23.5 Å². The first-order valence-corrected chi connectivity index (χ1v) is 12.4. The Kier molecular flexibility index (Phi) is 8.25. The molecule has 0 unspecified atom stereocenters. The van der Waals surface area contributed by atoms with Crippen molar-refractivity contribution >= 4 is 32.6 Å². The van der Waals surface area contributed by atoms with Crippen molar-refractivity contribution in [1.82, 2.24) is 9.88 Å². The Balaban J connectivity index is 1.54. The Morgan fingerprint density at radius 3 is 2.88 bits per heavy atom. The second-order valence-corrected chi connectivity index (χ2v) is 9.11. The number of nitrogens with zero attached hydrogens (tertiary/aromatic N) is 3. The molecule has 1 amide bonds. The number of carbonyl (C=O) groups excluding carboxylic acids is 1. The Bertz CT molecular complexity index is 1070. The summed E-state index contributed by atoms with van der Waals surface area (Å²) < 4.78 is 25.7. The molecule has 0 saturated carbocycles. The van der Waals surface area contributed by atoms with Crippen LogP contribution in [0.25, 0.3) is 10.2 Å². The molecule has 0 aliphatic carbocycles. The number of halogens is 1. The van der Waals surface area contributed by atoms with Crippen LogP contribution in [0.2, 0.25) is 0 Å². The first-order chi connectivity index (χ1) is 16.1. The molecule has 0 bridgehead atoms. The van der Waals surface area contributed by atoms with Crippen molar-refractivity contribution in [2.75, 3.05) is 50.9 Å². The smallest absolute Gasteiger partial charge is 0.260 e. The average Bonchev–Trinajstić information content (AvgIpc) is 3.25. The Labute approximate surface area is 197 Å². The van der Waals surface area contributed by atoms with E-state index in [4.69, 9.17) is 9.47 Å². The van der Waals surface area contributed by atoms with Crippen LogP contribution >= 0.6 is 11.3 Å². The zero-order valence-corrected chi connectivity index (χ0v) is 19.8. The maximum absolute atomic E-state index is 13.7. The number of hydrogen-bond donors (Lipinski definition) is 0. The van der Waals surface area contributed by atoms with Crippen molar-refractivity contribution < 1.29 is 18.7 Å². The summed E-state index contributed by atoms with van der Waals surface area (Å²) in [5, 5.41) is 0.583. The lowest BCUT2D eigenvalue weighted by Gasteiger charge is -2.27. The van der Waals surface area contributed by atoms with E-state index >= 15 is 0 Å². The van der Waals surface area contributed by atoms with Gasteiger partial charge in [0.25, 0.3) is 5.91 Å². The molecular formula is C25H30FN3O3S. The Hall–Kier alpha value is -2.55. The van der Waals surface area contributed by atoms with Crippen molar-refractivity contribution in [1.29, 1.82) is 0 Å². The monoisotopic (exact) mass is 471 g/mol. The molecule has 0 spiro atoms. The lowest BCUT2D eigenvalue weighted by Crippen LogP contribution is -2.39. The van der Waals surface area contributed by atoms with E-state index in [0.29, 0.717) is 35.1 Å². The van der Waals surface area contributed by atoms with Crippen LogP contribution in [0.1, 0.15) is 36.5 Å². The molecule has 33 heavy (non-hydrogen) atoms. The fourth-order valence-corrected chi connectivity index (χ4v) is 4.79. The minimum atomic E-state index is -0.306. The number of benzene rings is 2. The highest BCUT2D eigenvalue weighted by molar-refractivity contribution is 7.22. The van der Waals surface area contributed by atoms with E-state index in [2.05, 4.69) is 16.8 Å². The fraction of sp³-hybridized carbons (Fsp3) is 0.440. The number of thiazole rings is 1. The summed E-state index contributed by atoms with van der Waals surface area (Å²) in [5.74, 6) is 0.256. The van der Waals surface area contributed by atoms with Crippen LogP contribution in [-0.4, -0.2) is 61.8 Å². The number of morpholine rings is 1. The van der Waals surface area contributed by atoms with Crippen LogP contribution in [0.4, 0.5) is 9.52 Å². The van der Waals surface area contributed by atoms with Crippen molar-refractivity contribution in [3.63, 3.8) is 0 Å². The van der Waals surface area contributed by atoms with Crippen molar-refractivity contribution in [2.24, 2.45) is 0 Å². The lowest BCUT2D eigenvalue weighted by molar-refractivity contribution is 0.0376. The molecule has 1 aromatic heterocycles. The van der Waals surface area contributed by atoms with Gasteiger partial charge in [-0.2, -0.15) is 0 Å². The molecule has 0 radical (unpaired) electrons. The minimum Gasteiger partial charge on any atom is -0.494 e. The van der Waals surface area contributed by atoms with Gasteiger partial charge in [-0.1, -0.05) is 30.7 Å². The fourth-order valence-electron chi connectivity index (χ4n) is 3.77. The quantitative estimate of drug-likeness (QED) is 0.390. The number of rotatable bonds is 10. The summed E-state index contributed by atoms with van der Waals surface area (Å²) in [5.41, 5.74) is 1.25. The molecule has 4 rings (SSSR count). The number of hydrogen-bond acceptors (Lipinski definition) is 6. The average molecular weight is 472 g/mol. The maximum Gasteiger partial charge on any atom is 0.260 e. The molecule has 1 aliphatic rings. The van der Waals surface area contributed by atoms with Gasteiger partial charge in [0, 0.05) is 31.7 Å². The summed E-state index contributed by atoms with van der Waals surface area (Å²) in [6, 6.07) is 11.8. The predicted molar refractivity (Wildman–Crippen MR) is 130 cm³/mol. The third-order valence-corrected chi connectivity index (χ3v) is 6.66. The number of ether oxygens (including phenoxy) is 2. The van der Waals surface area contributed by atoms with Gasteiger partial charge in [-0.3, -0.25) is 14.6 Å². The van der Waals surface area contributed by atoms with Gasteiger partial charge in [0.2, 0.25) is 0 Å². The number of anilines is 1. The van der Waals surface area contributed by atoms with Gasteiger partial charge in [0.05, 0.1) is 30.0 Å². The summed E-state index contributed by atoms with van der Waals surface area (Å²) in [6.07, 6.45) is 2.82. The zero-order valence-electron chi connectivity index (χ0n) is 19.0. The van der Waals surface area contributed by atoms with Crippen molar-refractivity contribution in [2.45, 2.75) is 26.2 Å². The number of unbranched alkanes of at least 4 members (excludes halogenated alkanes) is 1. The van der Waals surface area contributed by atoms with Gasteiger partial charge >= 0.3 is 0 Å². The maximum atomic E-state index is 13.7. The van der Waals surface area contributed by atoms with E-state index in [0.717, 1.165) is 56.8 Å². The highest BCUT2D eigenvalue weighted by atomic mass is 32.1. The van der Waals surface area contributed by atoms with Gasteiger partial charge < -0.3 is 9.47 Å². The molecule has 2 aromatic carbocycles. The van der Waals surface area contributed by atoms with Crippen LogP contribution in [0.5, 0.6) is 5.75 Å². The van der Waals surface area contributed by atoms with Crippen LogP contribution < -0.4 is 9.64 Å². The van der Waals surface area contributed by atoms with E-state index in [1.807, 2.05) is 12.1 Å². The van der Waals surface area contributed by atoms with E-state index < -0.39 is 0 Å². The summed E-state index contributed by atoms with van der Waals surface area (Å²) in [7, 11) is 0. The molecule has 176 valence electrons. The first-order valence-electron chi connectivity index (χ1n) is 11.5. The molecule has 0 N–H and O–H groups in total. The van der Waals surface area contributed by atoms with E-state index in [9.17, 15) is 9.18 Å². The van der Waals surface area contributed by atoms with E-state index in [-0.39, 0.29) is 11.7 Å². The van der Waals surface area contributed by atoms with Crippen molar-refractivity contribution in [3.8, 4) is 5.75 Å². The second kappa shape index (κ2) is 11.5. The Morgan fingerprint density at radius 2 is 2.06 bits per heavy atom. The molecule has 1 aliphatic heterocycles. The standard InChI is InChI=1S/C25H30FN3O3S/c1-2-3-14-32-21-7-4-6-19(17-21)24(30)29(11-5-10-28-12-15-31-16-13-28)25-27-22-9-8-20(26)18-23(22)33-25/h4,6-9,17-18H,2-3,5,10-16H2,1H3. The van der Waals surface area contributed by atoms with E-state index in [1.54, 1.807) is 23.1 Å². The second-order valence-electron chi connectivity index (χ2n) is 8.10. The van der Waals surface area contributed by atoms with Gasteiger partial charge in [-0.05, 0) is 49.2 Å². The van der Waals surface area contributed by atoms with Gasteiger partial charge in [0.15, 0.2) is 5.13 Å².